The minimum atomic E-state index is -0.322. The van der Waals surface area contributed by atoms with Gasteiger partial charge in [-0.05, 0) is 30.2 Å². The molecule has 0 spiro atoms. The van der Waals surface area contributed by atoms with E-state index in [1.54, 1.807) is 6.07 Å². The van der Waals surface area contributed by atoms with Crippen LogP contribution in [0.15, 0.2) is 18.2 Å². The Balaban J connectivity index is 2.80. The van der Waals surface area contributed by atoms with Crippen molar-refractivity contribution < 1.29 is 4.39 Å². The number of nitrogens with two attached hydrogens (primary N) is 1. The van der Waals surface area contributed by atoms with Gasteiger partial charge in [-0.25, -0.2) is 4.39 Å². The van der Waals surface area contributed by atoms with Crippen molar-refractivity contribution in [3.63, 3.8) is 0 Å². The monoisotopic (exact) mass is 223 g/mol. The number of hydrogen-bond acceptors (Lipinski definition) is 2. The summed E-state index contributed by atoms with van der Waals surface area (Å²) in [6.45, 7) is 1.89. The van der Waals surface area contributed by atoms with Crippen molar-refractivity contribution in [1.82, 2.24) is 5.32 Å². The summed E-state index contributed by atoms with van der Waals surface area (Å²) < 4.78 is 12.9. The zero-order chi connectivity index (χ0) is 12.1. The van der Waals surface area contributed by atoms with Gasteiger partial charge in [-0.3, -0.25) is 16.1 Å². The van der Waals surface area contributed by atoms with Crippen molar-refractivity contribution in [2.24, 2.45) is 5.73 Å². The average Bonchev–Trinajstić information content (AvgIpc) is 2.19. The van der Waals surface area contributed by atoms with Gasteiger partial charge in [0.2, 0.25) is 0 Å². The van der Waals surface area contributed by atoms with Crippen molar-refractivity contribution in [3.8, 4) is 0 Å². The van der Waals surface area contributed by atoms with Crippen LogP contribution in [0.2, 0.25) is 0 Å². The summed E-state index contributed by atoms with van der Waals surface area (Å²) in [4.78, 5) is 0. The highest BCUT2D eigenvalue weighted by Gasteiger charge is 2.04. The van der Waals surface area contributed by atoms with Crippen molar-refractivity contribution in [2.75, 3.05) is 5.32 Å². The molecule has 0 unspecified atom stereocenters. The predicted octanol–water partition coefficient (Wildman–Crippen LogP) is 1.22. The van der Waals surface area contributed by atoms with Gasteiger partial charge in [-0.2, -0.15) is 0 Å². The summed E-state index contributed by atoms with van der Waals surface area (Å²) in [5, 5.41) is 19.4. The Morgan fingerprint density at radius 3 is 2.69 bits per heavy atom. The Bertz CT molecular complexity index is 416. The number of aryl methyl sites for hydroxylation is 1. The number of halogens is 1. The first-order chi connectivity index (χ1) is 7.52. The second-order valence-electron chi connectivity index (χ2n) is 3.19. The van der Waals surface area contributed by atoms with Crippen LogP contribution < -0.4 is 16.4 Å². The molecule has 0 atom stereocenters. The van der Waals surface area contributed by atoms with Gasteiger partial charge in [0, 0.05) is 5.69 Å². The minimum Gasteiger partial charge on any atom is -0.370 e. The fraction of sp³-hybridized carbons (Fsp3) is 0.200. The molecular formula is C10H14FN5. The number of benzene rings is 1. The van der Waals surface area contributed by atoms with Crippen LogP contribution in [0, 0.1) is 16.6 Å². The first kappa shape index (κ1) is 12.0. The molecule has 16 heavy (non-hydrogen) atoms. The lowest BCUT2D eigenvalue weighted by Gasteiger charge is -2.12. The lowest BCUT2D eigenvalue weighted by atomic mass is 10.1. The molecule has 0 aliphatic heterocycles. The fourth-order valence-electron chi connectivity index (χ4n) is 1.28. The van der Waals surface area contributed by atoms with Crippen LogP contribution >= 0.6 is 0 Å². The third-order valence-corrected chi connectivity index (χ3v) is 1.97. The second-order valence-corrected chi connectivity index (χ2v) is 3.19. The summed E-state index contributed by atoms with van der Waals surface area (Å²) >= 11 is 0. The number of hydrogen-bond donors (Lipinski definition) is 5. The number of nitrogens with one attached hydrogen (secondary N) is 4. The van der Waals surface area contributed by atoms with Crippen molar-refractivity contribution in [1.29, 1.82) is 10.8 Å². The van der Waals surface area contributed by atoms with E-state index >= 15 is 0 Å². The lowest BCUT2D eigenvalue weighted by Crippen LogP contribution is -2.39. The highest BCUT2D eigenvalue weighted by molar-refractivity contribution is 6.02. The molecule has 0 saturated carbocycles. The number of rotatable bonds is 2. The van der Waals surface area contributed by atoms with E-state index in [1.165, 1.54) is 12.1 Å². The molecule has 0 amide bonds. The van der Waals surface area contributed by atoms with E-state index in [2.05, 4.69) is 10.6 Å². The van der Waals surface area contributed by atoms with Crippen LogP contribution in [-0.2, 0) is 6.42 Å². The van der Waals surface area contributed by atoms with Crippen LogP contribution in [0.3, 0.4) is 0 Å². The molecule has 86 valence electrons. The topological polar surface area (TPSA) is 97.8 Å². The smallest absolute Gasteiger partial charge is 0.199 e. The van der Waals surface area contributed by atoms with Gasteiger partial charge in [-0.1, -0.05) is 6.92 Å². The van der Waals surface area contributed by atoms with Gasteiger partial charge in [0.1, 0.15) is 5.82 Å². The first-order valence-electron chi connectivity index (χ1n) is 4.78. The molecule has 0 saturated heterocycles. The van der Waals surface area contributed by atoms with Crippen LogP contribution in [0.1, 0.15) is 12.5 Å². The zero-order valence-corrected chi connectivity index (χ0v) is 8.89. The molecule has 0 heterocycles. The normalized spacial score (nSPS) is 9.62. The molecule has 0 aliphatic rings. The Hall–Kier alpha value is -2.11. The molecule has 5 nitrogen and oxygen atoms in total. The largest absolute Gasteiger partial charge is 0.370 e. The van der Waals surface area contributed by atoms with Crippen molar-refractivity contribution >= 4 is 17.6 Å². The van der Waals surface area contributed by atoms with Gasteiger partial charge in [0.25, 0.3) is 0 Å². The maximum absolute atomic E-state index is 12.9. The van der Waals surface area contributed by atoms with E-state index in [9.17, 15) is 4.39 Å². The van der Waals surface area contributed by atoms with Crippen LogP contribution in [0.25, 0.3) is 0 Å². The summed E-state index contributed by atoms with van der Waals surface area (Å²) in [7, 11) is 0. The van der Waals surface area contributed by atoms with Crippen LogP contribution in [0.4, 0.5) is 10.1 Å². The molecule has 6 N–H and O–H groups in total. The third-order valence-electron chi connectivity index (χ3n) is 1.97. The fourth-order valence-corrected chi connectivity index (χ4v) is 1.28. The maximum atomic E-state index is 12.9. The quantitative estimate of drug-likeness (QED) is 0.385. The summed E-state index contributed by atoms with van der Waals surface area (Å²) in [5.74, 6) is -0.750. The lowest BCUT2D eigenvalue weighted by molar-refractivity contribution is 0.626. The molecule has 0 radical (unpaired) electrons. The Morgan fingerprint density at radius 1 is 1.44 bits per heavy atom. The predicted molar refractivity (Wildman–Crippen MR) is 62.2 cm³/mol. The van der Waals surface area contributed by atoms with Gasteiger partial charge in [0.05, 0.1) is 0 Å². The molecule has 1 rings (SSSR count). The molecule has 0 fully saturated rings. The molecule has 0 bridgehead atoms. The Labute approximate surface area is 92.9 Å². The molecule has 1 aromatic carbocycles. The highest BCUT2D eigenvalue weighted by atomic mass is 19.1. The van der Waals surface area contributed by atoms with Crippen LogP contribution in [0.5, 0.6) is 0 Å². The van der Waals surface area contributed by atoms with Crippen molar-refractivity contribution in [3.05, 3.63) is 29.6 Å². The molecule has 0 aromatic heterocycles. The number of guanidine groups is 2. The van der Waals surface area contributed by atoms with E-state index in [1.807, 2.05) is 6.92 Å². The second kappa shape index (κ2) is 5.11. The Morgan fingerprint density at radius 2 is 2.12 bits per heavy atom. The maximum Gasteiger partial charge on any atom is 0.199 e. The van der Waals surface area contributed by atoms with Gasteiger partial charge >= 0.3 is 0 Å². The van der Waals surface area contributed by atoms with Gasteiger partial charge in [0.15, 0.2) is 11.9 Å². The summed E-state index contributed by atoms with van der Waals surface area (Å²) in [6, 6.07) is 4.26. The van der Waals surface area contributed by atoms with Gasteiger partial charge < -0.3 is 11.1 Å². The average molecular weight is 223 g/mol. The SMILES string of the molecule is CCc1cc(F)ccc1NC(=N)NC(=N)N. The molecule has 6 heteroatoms. The highest BCUT2D eigenvalue weighted by Crippen LogP contribution is 2.17. The summed E-state index contributed by atoms with van der Waals surface area (Å²) in [6.07, 6.45) is 0.646. The first-order valence-corrected chi connectivity index (χ1v) is 4.78. The van der Waals surface area contributed by atoms with E-state index in [0.29, 0.717) is 12.1 Å². The minimum absolute atomic E-state index is 0.117. The standard InChI is InChI=1S/C10H14FN5/c1-2-6-5-7(11)3-4-8(6)15-10(14)16-9(12)13/h3-5H,2H2,1H3,(H6,12,13,14,15,16). The Kier molecular flexibility index (Phi) is 3.82. The van der Waals surface area contributed by atoms with Gasteiger partial charge in [-0.15, -0.1) is 0 Å². The van der Waals surface area contributed by atoms with E-state index in [0.717, 1.165) is 5.56 Å². The third kappa shape index (κ3) is 3.23. The molecule has 0 aliphatic carbocycles. The van der Waals surface area contributed by atoms with E-state index in [4.69, 9.17) is 16.6 Å². The van der Waals surface area contributed by atoms with E-state index < -0.39 is 0 Å². The van der Waals surface area contributed by atoms with E-state index in [-0.39, 0.29) is 17.7 Å². The number of anilines is 1. The summed E-state index contributed by atoms with van der Waals surface area (Å²) in [5.41, 5.74) is 6.46. The molecule has 1 aromatic rings. The molecular weight excluding hydrogens is 209 g/mol. The van der Waals surface area contributed by atoms with Crippen LogP contribution in [-0.4, -0.2) is 11.9 Å². The zero-order valence-electron chi connectivity index (χ0n) is 8.89. The van der Waals surface area contributed by atoms with Crippen molar-refractivity contribution in [2.45, 2.75) is 13.3 Å².